The van der Waals surface area contributed by atoms with Crippen LogP contribution in [0.3, 0.4) is 0 Å². The number of hydrogen-bond donors (Lipinski definition) is 0. The Morgan fingerprint density at radius 3 is 2.18 bits per heavy atom. The molecule has 0 aromatic heterocycles. The van der Waals surface area contributed by atoms with Crippen molar-refractivity contribution in [2.75, 3.05) is 4.90 Å². The highest BCUT2D eigenvalue weighted by Gasteiger charge is 2.13. The summed E-state index contributed by atoms with van der Waals surface area (Å²) in [5.74, 6) is 0. The number of benzene rings is 2. The first-order chi connectivity index (χ1) is 10.7. The summed E-state index contributed by atoms with van der Waals surface area (Å²) in [6.07, 6.45) is 8.42. The topological polar surface area (TPSA) is 3.24 Å². The lowest BCUT2D eigenvalue weighted by Gasteiger charge is -2.30. The molecule has 0 spiro atoms. The molecule has 2 rings (SSSR count). The Labute approximate surface area is 133 Å². The fourth-order valence-corrected chi connectivity index (χ4v) is 2.42. The van der Waals surface area contributed by atoms with E-state index in [1.54, 1.807) is 0 Å². The van der Waals surface area contributed by atoms with E-state index in [0.29, 0.717) is 0 Å². The van der Waals surface area contributed by atoms with Gasteiger partial charge in [-0.05, 0) is 37.6 Å². The minimum absolute atomic E-state index is 0.214. The molecule has 1 heteroatoms. The highest BCUT2D eigenvalue weighted by molar-refractivity contribution is 5.58. The molecule has 0 aliphatic heterocycles. The molecular formula is C21H23N. The van der Waals surface area contributed by atoms with Gasteiger partial charge in [-0.15, -0.1) is 0 Å². The van der Waals surface area contributed by atoms with Crippen LogP contribution in [0.2, 0.25) is 0 Å². The molecular weight excluding hydrogens is 266 g/mol. The predicted octanol–water partition coefficient (Wildman–Crippen LogP) is 5.68. The van der Waals surface area contributed by atoms with Gasteiger partial charge in [0.1, 0.15) is 0 Å². The number of allylic oxidation sites excluding steroid dienone is 2. The van der Waals surface area contributed by atoms with Crippen LogP contribution in [0.25, 0.3) is 6.08 Å². The third-order valence-electron chi connectivity index (χ3n) is 3.48. The number of nitrogens with zero attached hydrogens (tertiary/aromatic N) is 1. The molecule has 2 aromatic rings. The summed E-state index contributed by atoms with van der Waals surface area (Å²) in [4.78, 5) is 2.24. The summed E-state index contributed by atoms with van der Waals surface area (Å²) < 4.78 is 0. The van der Waals surface area contributed by atoms with E-state index >= 15 is 0 Å². The van der Waals surface area contributed by atoms with Gasteiger partial charge in [0.2, 0.25) is 0 Å². The fraction of sp³-hybridized carbons (Fsp3) is 0.143. The predicted molar refractivity (Wildman–Crippen MR) is 97.8 cm³/mol. The van der Waals surface area contributed by atoms with Gasteiger partial charge in [0.15, 0.2) is 0 Å². The Bertz CT molecular complexity index is 638. The Morgan fingerprint density at radius 2 is 1.59 bits per heavy atom. The van der Waals surface area contributed by atoms with Crippen molar-refractivity contribution in [2.45, 2.75) is 19.9 Å². The average Bonchev–Trinajstić information content (AvgIpc) is 2.55. The lowest BCUT2D eigenvalue weighted by molar-refractivity contribution is 0.839. The van der Waals surface area contributed by atoms with Crippen molar-refractivity contribution in [1.82, 2.24) is 0 Å². The van der Waals surface area contributed by atoms with E-state index in [1.165, 1.54) is 5.56 Å². The fourth-order valence-electron chi connectivity index (χ4n) is 2.42. The summed E-state index contributed by atoms with van der Waals surface area (Å²) >= 11 is 0. The molecule has 0 radical (unpaired) electrons. The first kappa shape index (κ1) is 15.8. The third-order valence-corrected chi connectivity index (χ3v) is 3.48. The molecule has 2 aromatic carbocycles. The molecule has 0 saturated carbocycles. The smallest absolute Gasteiger partial charge is 0.0497 e. The second-order valence-corrected chi connectivity index (χ2v) is 5.21. The molecule has 0 bridgehead atoms. The van der Waals surface area contributed by atoms with Crippen molar-refractivity contribution in [3.05, 3.63) is 96.7 Å². The standard InChI is InChI=1S/C21H23N/c1-4-11-18(2)22(21-14-9-6-10-15-21)19(3)16-17-20-12-7-5-8-13-20/h4-17,19H,2H2,1,3H3/b11-4-,17-16-. The monoisotopic (exact) mass is 289 g/mol. The minimum atomic E-state index is 0.214. The number of anilines is 1. The van der Waals surface area contributed by atoms with Crippen LogP contribution < -0.4 is 4.90 Å². The molecule has 0 heterocycles. The van der Waals surface area contributed by atoms with Crippen LogP contribution in [0.1, 0.15) is 19.4 Å². The minimum Gasteiger partial charge on any atom is -0.335 e. The van der Waals surface area contributed by atoms with Crippen molar-refractivity contribution >= 4 is 11.8 Å². The lowest BCUT2D eigenvalue weighted by atomic mass is 10.1. The van der Waals surface area contributed by atoms with Crippen LogP contribution in [0.15, 0.2) is 91.2 Å². The van der Waals surface area contributed by atoms with Gasteiger partial charge < -0.3 is 4.90 Å². The van der Waals surface area contributed by atoms with Gasteiger partial charge in [-0.25, -0.2) is 0 Å². The van der Waals surface area contributed by atoms with Gasteiger partial charge in [-0.1, -0.05) is 73.3 Å². The summed E-state index contributed by atoms with van der Waals surface area (Å²) in [5.41, 5.74) is 3.34. The van der Waals surface area contributed by atoms with Crippen LogP contribution in [0.5, 0.6) is 0 Å². The molecule has 1 atom stereocenters. The van der Waals surface area contributed by atoms with Crippen molar-refractivity contribution in [1.29, 1.82) is 0 Å². The first-order valence-corrected chi connectivity index (χ1v) is 7.61. The molecule has 0 fully saturated rings. The zero-order valence-electron chi connectivity index (χ0n) is 13.3. The first-order valence-electron chi connectivity index (χ1n) is 7.61. The maximum atomic E-state index is 4.20. The van der Waals surface area contributed by atoms with Gasteiger partial charge in [0.25, 0.3) is 0 Å². The van der Waals surface area contributed by atoms with E-state index < -0.39 is 0 Å². The molecule has 1 nitrogen and oxygen atoms in total. The second-order valence-electron chi connectivity index (χ2n) is 5.21. The molecule has 0 aliphatic rings. The number of hydrogen-bond acceptors (Lipinski definition) is 1. The highest BCUT2D eigenvalue weighted by atomic mass is 15.2. The van der Waals surface area contributed by atoms with E-state index in [9.17, 15) is 0 Å². The maximum absolute atomic E-state index is 4.20. The van der Waals surface area contributed by atoms with Crippen molar-refractivity contribution in [3.63, 3.8) is 0 Å². The van der Waals surface area contributed by atoms with Crippen LogP contribution in [-0.4, -0.2) is 6.04 Å². The second kappa shape index (κ2) is 8.04. The Hall–Kier alpha value is -2.54. The largest absolute Gasteiger partial charge is 0.335 e. The van der Waals surface area contributed by atoms with Crippen LogP contribution in [-0.2, 0) is 0 Å². The summed E-state index contributed by atoms with van der Waals surface area (Å²) in [6, 6.07) is 20.9. The van der Waals surface area contributed by atoms with Gasteiger partial charge in [-0.2, -0.15) is 0 Å². The molecule has 1 unspecified atom stereocenters. The summed E-state index contributed by atoms with van der Waals surface area (Å²) in [6.45, 7) is 8.40. The SMILES string of the molecule is C=C(/C=C\C)N(c1ccccc1)C(C)/C=C\c1ccccc1. The van der Waals surface area contributed by atoms with Gasteiger partial charge in [0.05, 0.1) is 0 Å². The van der Waals surface area contributed by atoms with Crippen LogP contribution in [0.4, 0.5) is 5.69 Å². The summed E-state index contributed by atoms with van der Waals surface area (Å²) in [7, 11) is 0. The molecule has 22 heavy (non-hydrogen) atoms. The van der Waals surface area contributed by atoms with E-state index in [2.05, 4.69) is 79.1 Å². The zero-order valence-corrected chi connectivity index (χ0v) is 13.3. The molecule has 0 saturated heterocycles. The number of para-hydroxylation sites is 1. The molecule has 0 aliphatic carbocycles. The van der Waals surface area contributed by atoms with Crippen molar-refractivity contribution in [2.24, 2.45) is 0 Å². The quantitative estimate of drug-likeness (QED) is 0.618. The van der Waals surface area contributed by atoms with Crippen LogP contribution >= 0.6 is 0 Å². The molecule has 112 valence electrons. The van der Waals surface area contributed by atoms with E-state index in [4.69, 9.17) is 0 Å². The maximum Gasteiger partial charge on any atom is 0.0497 e. The van der Waals surface area contributed by atoms with Crippen molar-refractivity contribution < 1.29 is 0 Å². The Kier molecular flexibility index (Phi) is 5.79. The number of rotatable bonds is 6. The summed E-state index contributed by atoms with van der Waals surface area (Å²) in [5, 5.41) is 0. The van der Waals surface area contributed by atoms with Crippen molar-refractivity contribution in [3.8, 4) is 0 Å². The molecule has 0 N–H and O–H groups in total. The van der Waals surface area contributed by atoms with E-state index in [1.807, 2.05) is 31.2 Å². The van der Waals surface area contributed by atoms with Gasteiger partial charge in [0, 0.05) is 17.4 Å². The highest BCUT2D eigenvalue weighted by Crippen LogP contribution is 2.23. The third kappa shape index (κ3) is 4.23. The van der Waals surface area contributed by atoms with E-state index in [-0.39, 0.29) is 6.04 Å². The average molecular weight is 289 g/mol. The van der Waals surface area contributed by atoms with Gasteiger partial charge >= 0.3 is 0 Å². The zero-order chi connectivity index (χ0) is 15.8. The Balaban J connectivity index is 2.25. The lowest BCUT2D eigenvalue weighted by Crippen LogP contribution is -2.29. The Morgan fingerprint density at radius 1 is 1.00 bits per heavy atom. The van der Waals surface area contributed by atoms with E-state index in [0.717, 1.165) is 11.4 Å². The van der Waals surface area contributed by atoms with Crippen LogP contribution in [0, 0.1) is 0 Å². The molecule has 0 amide bonds. The normalized spacial score (nSPS) is 12.6. The van der Waals surface area contributed by atoms with Gasteiger partial charge in [-0.3, -0.25) is 0 Å².